The molecule has 0 aromatic carbocycles. The lowest BCUT2D eigenvalue weighted by Gasteiger charge is -2.27. The molecular formula is C15H21N3O. The van der Waals surface area contributed by atoms with Crippen molar-refractivity contribution in [2.24, 2.45) is 5.92 Å². The second kappa shape index (κ2) is 4.85. The third-order valence-corrected chi connectivity index (χ3v) is 3.80. The minimum absolute atomic E-state index is 0.0222. The maximum atomic E-state index is 9.70. The lowest BCUT2D eigenvalue weighted by Crippen LogP contribution is -2.33. The summed E-state index contributed by atoms with van der Waals surface area (Å²) in [7, 11) is 0. The highest BCUT2D eigenvalue weighted by molar-refractivity contribution is 5.56. The fourth-order valence-corrected chi connectivity index (χ4v) is 2.53. The van der Waals surface area contributed by atoms with E-state index in [4.69, 9.17) is 4.98 Å². The number of aromatic nitrogens is 2. The van der Waals surface area contributed by atoms with Crippen LogP contribution in [-0.2, 0) is 6.61 Å². The second-order valence-electron chi connectivity index (χ2n) is 5.66. The van der Waals surface area contributed by atoms with Gasteiger partial charge in [0, 0.05) is 18.8 Å². The van der Waals surface area contributed by atoms with E-state index in [0.29, 0.717) is 6.04 Å². The summed E-state index contributed by atoms with van der Waals surface area (Å²) in [6.45, 7) is 5.45. The first-order chi connectivity index (χ1) is 9.20. The summed E-state index contributed by atoms with van der Waals surface area (Å²) in [6, 6.07) is 6.33. The normalized spacial score (nSPS) is 15.4. The standard InChI is InChI=1S/C15H21N3O/c1-11(2)18(9-12-6-7-12)15-13(10-19)17-8-4-3-5-14(17)16-15/h3-5,8,11-12,19H,6-7,9-10H2,1-2H3. The zero-order valence-corrected chi connectivity index (χ0v) is 11.6. The van der Waals surface area contributed by atoms with Crippen LogP contribution in [0.15, 0.2) is 24.4 Å². The smallest absolute Gasteiger partial charge is 0.153 e. The maximum absolute atomic E-state index is 9.70. The molecule has 0 atom stereocenters. The van der Waals surface area contributed by atoms with E-state index in [1.165, 1.54) is 12.8 Å². The number of aliphatic hydroxyl groups excluding tert-OH is 1. The maximum Gasteiger partial charge on any atom is 0.153 e. The van der Waals surface area contributed by atoms with Crippen molar-refractivity contribution >= 4 is 11.5 Å². The van der Waals surface area contributed by atoms with E-state index in [1.807, 2.05) is 28.8 Å². The monoisotopic (exact) mass is 259 g/mol. The van der Waals surface area contributed by atoms with Gasteiger partial charge in [-0.2, -0.15) is 0 Å². The van der Waals surface area contributed by atoms with Gasteiger partial charge in [0.1, 0.15) is 5.65 Å². The Bertz CT molecular complexity index is 572. The first kappa shape index (κ1) is 12.5. The van der Waals surface area contributed by atoms with Crippen LogP contribution in [0.4, 0.5) is 5.82 Å². The number of pyridine rings is 1. The minimum atomic E-state index is 0.0222. The number of imidazole rings is 1. The average molecular weight is 259 g/mol. The van der Waals surface area contributed by atoms with Gasteiger partial charge in [-0.3, -0.25) is 4.40 Å². The summed E-state index contributed by atoms with van der Waals surface area (Å²) < 4.78 is 1.98. The predicted molar refractivity (Wildman–Crippen MR) is 76.3 cm³/mol. The van der Waals surface area contributed by atoms with Gasteiger partial charge in [0.2, 0.25) is 0 Å². The molecule has 0 unspecified atom stereocenters. The summed E-state index contributed by atoms with van der Waals surface area (Å²) in [4.78, 5) is 7.04. The average Bonchev–Trinajstić information content (AvgIpc) is 3.14. The van der Waals surface area contributed by atoms with Gasteiger partial charge < -0.3 is 10.0 Å². The molecule has 1 fully saturated rings. The van der Waals surface area contributed by atoms with E-state index in [2.05, 4.69) is 18.7 Å². The van der Waals surface area contributed by atoms with Crippen molar-refractivity contribution in [1.82, 2.24) is 9.38 Å². The first-order valence-electron chi connectivity index (χ1n) is 7.04. The van der Waals surface area contributed by atoms with E-state index < -0.39 is 0 Å². The Balaban J connectivity index is 2.05. The molecule has 0 radical (unpaired) electrons. The Morgan fingerprint density at radius 1 is 1.42 bits per heavy atom. The molecule has 19 heavy (non-hydrogen) atoms. The summed E-state index contributed by atoms with van der Waals surface area (Å²) >= 11 is 0. The highest BCUT2D eigenvalue weighted by Gasteiger charge is 2.28. The molecule has 0 amide bonds. The van der Waals surface area contributed by atoms with Crippen molar-refractivity contribution in [3.05, 3.63) is 30.1 Å². The fraction of sp³-hybridized carbons (Fsp3) is 0.533. The number of nitrogens with zero attached hydrogens (tertiary/aromatic N) is 3. The molecular weight excluding hydrogens is 238 g/mol. The van der Waals surface area contributed by atoms with Crippen molar-refractivity contribution in [3.8, 4) is 0 Å². The fourth-order valence-electron chi connectivity index (χ4n) is 2.53. The van der Waals surface area contributed by atoms with Gasteiger partial charge >= 0.3 is 0 Å². The van der Waals surface area contributed by atoms with Crippen LogP contribution in [0.1, 0.15) is 32.4 Å². The molecule has 1 N–H and O–H groups in total. The van der Waals surface area contributed by atoms with Crippen molar-refractivity contribution in [2.45, 2.75) is 39.3 Å². The van der Waals surface area contributed by atoms with E-state index in [9.17, 15) is 5.11 Å². The summed E-state index contributed by atoms with van der Waals surface area (Å²) in [5, 5.41) is 9.70. The van der Waals surface area contributed by atoms with Crippen LogP contribution in [0.2, 0.25) is 0 Å². The zero-order valence-electron chi connectivity index (χ0n) is 11.6. The highest BCUT2D eigenvalue weighted by Crippen LogP contribution is 2.33. The minimum Gasteiger partial charge on any atom is -0.390 e. The van der Waals surface area contributed by atoms with Crippen LogP contribution >= 0.6 is 0 Å². The molecule has 4 heteroatoms. The molecule has 2 aromatic rings. The van der Waals surface area contributed by atoms with Gasteiger partial charge in [-0.15, -0.1) is 0 Å². The van der Waals surface area contributed by atoms with Gasteiger partial charge in [-0.25, -0.2) is 4.98 Å². The van der Waals surface area contributed by atoms with Crippen LogP contribution in [0.25, 0.3) is 5.65 Å². The Hall–Kier alpha value is -1.55. The quantitative estimate of drug-likeness (QED) is 0.896. The van der Waals surface area contributed by atoms with Gasteiger partial charge in [-0.05, 0) is 44.7 Å². The van der Waals surface area contributed by atoms with Crippen molar-refractivity contribution in [2.75, 3.05) is 11.4 Å². The zero-order chi connectivity index (χ0) is 13.4. The number of hydrogen-bond donors (Lipinski definition) is 1. The third kappa shape index (κ3) is 2.32. The van der Waals surface area contributed by atoms with Crippen LogP contribution in [0.3, 0.4) is 0 Å². The molecule has 0 bridgehead atoms. The Kier molecular flexibility index (Phi) is 3.19. The summed E-state index contributed by atoms with van der Waals surface area (Å²) in [6.07, 6.45) is 4.61. The van der Waals surface area contributed by atoms with Gasteiger partial charge in [0.15, 0.2) is 5.82 Å². The summed E-state index contributed by atoms with van der Waals surface area (Å²) in [5.74, 6) is 1.74. The molecule has 2 heterocycles. The number of aliphatic hydroxyl groups is 1. The Labute approximate surface area is 113 Å². The Morgan fingerprint density at radius 2 is 2.21 bits per heavy atom. The van der Waals surface area contributed by atoms with E-state index in [1.54, 1.807) is 0 Å². The SMILES string of the molecule is CC(C)N(CC1CC1)c1nc2ccccn2c1CO. The van der Waals surface area contributed by atoms with E-state index in [0.717, 1.165) is 29.6 Å². The van der Waals surface area contributed by atoms with Crippen LogP contribution in [-0.4, -0.2) is 27.1 Å². The lowest BCUT2D eigenvalue weighted by atomic mass is 10.2. The van der Waals surface area contributed by atoms with E-state index in [-0.39, 0.29) is 6.61 Å². The lowest BCUT2D eigenvalue weighted by molar-refractivity contribution is 0.276. The predicted octanol–water partition coefficient (Wildman–Crippen LogP) is 2.45. The molecule has 0 spiro atoms. The number of hydrogen-bond acceptors (Lipinski definition) is 3. The molecule has 2 aromatic heterocycles. The first-order valence-corrected chi connectivity index (χ1v) is 7.04. The van der Waals surface area contributed by atoms with Gasteiger partial charge in [0.05, 0.1) is 12.3 Å². The van der Waals surface area contributed by atoms with Gasteiger partial charge in [0.25, 0.3) is 0 Å². The largest absolute Gasteiger partial charge is 0.390 e. The molecule has 0 saturated heterocycles. The van der Waals surface area contributed by atoms with E-state index >= 15 is 0 Å². The van der Waals surface area contributed by atoms with Crippen LogP contribution in [0.5, 0.6) is 0 Å². The molecule has 102 valence electrons. The number of rotatable bonds is 5. The third-order valence-electron chi connectivity index (χ3n) is 3.80. The number of anilines is 1. The van der Waals surface area contributed by atoms with Crippen molar-refractivity contribution in [3.63, 3.8) is 0 Å². The molecule has 1 aliphatic rings. The second-order valence-corrected chi connectivity index (χ2v) is 5.66. The molecule has 0 aliphatic heterocycles. The summed E-state index contributed by atoms with van der Waals surface area (Å²) in [5.41, 5.74) is 1.80. The molecule has 4 nitrogen and oxygen atoms in total. The molecule has 1 aliphatic carbocycles. The van der Waals surface area contributed by atoms with Gasteiger partial charge in [-0.1, -0.05) is 6.07 Å². The van der Waals surface area contributed by atoms with Crippen LogP contribution < -0.4 is 4.90 Å². The molecule has 1 saturated carbocycles. The topological polar surface area (TPSA) is 40.8 Å². The highest BCUT2D eigenvalue weighted by atomic mass is 16.3. The van der Waals surface area contributed by atoms with Crippen LogP contribution in [0, 0.1) is 5.92 Å². The van der Waals surface area contributed by atoms with Crippen molar-refractivity contribution < 1.29 is 5.11 Å². The van der Waals surface area contributed by atoms with Crippen molar-refractivity contribution in [1.29, 1.82) is 0 Å². The Morgan fingerprint density at radius 3 is 2.84 bits per heavy atom. The number of fused-ring (bicyclic) bond motifs is 1. The molecule has 3 rings (SSSR count).